The summed E-state index contributed by atoms with van der Waals surface area (Å²) in [7, 11) is 0. The van der Waals surface area contributed by atoms with E-state index in [0.29, 0.717) is 0 Å². The summed E-state index contributed by atoms with van der Waals surface area (Å²) in [6, 6.07) is 20.9. The van der Waals surface area contributed by atoms with E-state index in [1.54, 1.807) is 6.92 Å². The lowest BCUT2D eigenvalue weighted by molar-refractivity contribution is 0.114. The molecule has 0 bridgehead atoms. The average molecular weight is 298 g/mol. The first-order valence-electron chi connectivity index (χ1n) is 7.88. The molecule has 3 nitrogen and oxygen atoms in total. The quantitative estimate of drug-likeness (QED) is 0.687. The van der Waals surface area contributed by atoms with Crippen LogP contribution < -0.4 is 10.6 Å². The van der Waals surface area contributed by atoms with E-state index in [9.17, 15) is 5.11 Å². The van der Waals surface area contributed by atoms with E-state index in [1.807, 2.05) is 36.4 Å². The molecule has 118 valence electrons. The topological polar surface area (TPSA) is 44.3 Å². The van der Waals surface area contributed by atoms with Crippen LogP contribution in [0.2, 0.25) is 0 Å². The van der Waals surface area contributed by atoms with Crippen molar-refractivity contribution in [1.29, 1.82) is 0 Å². The van der Waals surface area contributed by atoms with Crippen molar-refractivity contribution in [2.24, 2.45) is 0 Å². The van der Waals surface area contributed by atoms with Crippen molar-refractivity contribution in [1.82, 2.24) is 10.6 Å². The van der Waals surface area contributed by atoms with Crippen LogP contribution in [0.5, 0.6) is 0 Å². The van der Waals surface area contributed by atoms with Crippen LogP contribution in [0.25, 0.3) is 0 Å². The van der Waals surface area contributed by atoms with Crippen molar-refractivity contribution in [2.75, 3.05) is 0 Å². The van der Waals surface area contributed by atoms with E-state index in [-0.39, 0.29) is 18.2 Å². The lowest BCUT2D eigenvalue weighted by Crippen LogP contribution is -2.51. The van der Waals surface area contributed by atoms with Crippen LogP contribution in [-0.4, -0.2) is 17.4 Å². The number of nitrogens with one attached hydrogen (secondary N) is 2. The van der Waals surface area contributed by atoms with Gasteiger partial charge in [0.1, 0.15) is 0 Å². The largest absolute Gasteiger partial charge is 0.390 e. The standard InChI is InChI=1S/C19H26N2O/c1-14(17-10-6-4-7-11-17)20-19(16(3)22)21-15(2)18-12-8-5-9-13-18/h4-16,19-22H,1-3H3. The Morgan fingerprint density at radius 2 is 1.05 bits per heavy atom. The zero-order valence-corrected chi connectivity index (χ0v) is 13.5. The summed E-state index contributed by atoms with van der Waals surface area (Å²) in [5, 5.41) is 17.0. The summed E-state index contributed by atoms with van der Waals surface area (Å²) in [6.07, 6.45) is -0.664. The van der Waals surface area contributed by atoms with Crippen molar-refractivity contribution >= 4 is 0 Å². The van der Waals surface area contributed by atoms with Gasteiger partial charge in [-0.2, -0.15) is 0 Å². The first-order chi connectivity index (χ1) is 10.6. The molecule has 0 saturated heterocycles. The number of aliphatic hydroxyl groups excluding tert-OH is 1. The molecule has 0 fully saturated rings. The third-order valence-electron chi connectivity index (χ3n) is 3.94. The molecule has 0 spiro atoms. The highest BCUT2D eigenvalue weighted by Gasteiger charge is 2.20. The highest BCUT2D eigenvalue weighted by atomic mass is 16.3. The summed E-state index contributed by atoms with van der Waals surface area (Å²) in [4.78, 5) is 0. The number of benzene rings is 2. The molecule has 0 aliphatic rings. The maximum Gasteiger partial charge on any atom is 0.0846 e. The molecule has 0 aliphatic carbocycles. The van der Waals surface area contributed by atoms with Crippen molar-refractivity contribution in [2.45, 2.75) is 45.1 Å². The zero-order valence-electron chi connectivity index (χ0n) is 13.5. The fraction of sp³-hybridized carbons (Fsp3) is 0.368. The third-order valence-corrected chi connectivity index (χ3v) is 3.94. The number of hydrogen-bond acceptors (Lipinski definition) is 3. The van der Waals surface area contributed by atoms with Gasteiger partial charge in [-0.25, -0.2) is 0 Å². The van der Waals surface area contributed by atoms with Crippen LogP contribution >= 0.6 is 0 Å². The molecule has 3 N–H and O–H groups in total. The number of hydrogen-bond donors (Lipinski definition) is 3. The lowest BCUT2D eigenvalue weighted by Gasteiger charge is -2.30. The Labute approximate surface area is 133 Å². The number of aliphatic hydroxyl groups is 1. The van der Waals surface area contributed by atoms with Crippen molar-refractivity contribution in [3.8, 4) is 0 Å². The summed E-state index contributed by atoms with van der Waals surface area (Å²) in [5.74, 6) is 0. The van der Waals surface area contributed by atoms with E-state index in [4.69, 9.17) is 0 Å². The van der Waals surface area contributed by atoms with Crippen LogP contribution in [0.1, 0.15) is 44.0 Å². The van der Waals surface area contributed by atoms with Gasteiger partial charge in [0.25, 0.3) is 0 Å². The predicted octanol–water partition coefficient (Wildman–Crippen LogP) is 3.39. The molecule has 3 heteroatoms. The molecule has 0 aromatic heterocycles. The maximum atomic E-state index is 10.1. The Morgan fingerprint density at radius 1 is 0.682 bits per heavy atom. The number of rotatable bonds is 7. The Balaban J connectivity index is 2.01. The molecule has 0 saturated carbocycles. The molecule has 0 heterocycles. The molecule has 2 aromatic rings. The van der Waals surface area contributed by atoms with Gasteiger partial charge >= 0.3 is 0 Å². The summed E-state index contributed by atoms with van der Waals surface area (Å²) in [5.41, 5.74) is 2.42. The van der Waals surface area contributed by atoms with Gasteiger partial charge in [-0.3, -0.25) is 10.6 Å². The minimum Gasteiger partial charge on any atom is -0.390 e. The normalized spacial score (nSPS) is 16.7. The van der Waals surface area contributed by atoms with Crippen LogP contribution in [-0.2, 0) is 0 Å². The highest BCUT2D eigenvalue weighted by Crippen LogP contribution is 2.16. The lowest BCUT2D eigenvalue weighted by atomic mass is 10.1. The van der Waals surface area contributed by atoms with E-state index < -0.39 is 6.10 Å². The molecule has 3 unspecified atom stereocenters. The van der Waals surface area contributed by atoms with Gasteiger partial charge in [0.2, 0.25) is 0 Å². The SMILES string of the molecule is CC(NC(NC(C)c1ccccc1)C(C)O)c1ccccc1. The molecule has 0 amide bonds. The molecule has 0 aliphatic heterocycles. The van der Waals surface area contributed by atoms with Crippen molar-refractivity contribution in [3.05, 3.63) is 71.8 Å². The molecule has 2 aromatic carbocycles. The molecule has 0 radical (unpaired) electrons. The van der Waals surface area contributed by atoms with Gasteiger partial charge < -0.3 is 5.11 Å². The smallest absolute Gasteiger partial charge is 0.0846 e. The fourth-order valence-electron chi connectivity index (χ4n) is 2.54. The predicted molar refractivity (Wildman–Crippen MR) is 91.5 cm³/mol. The van der Waals surface area contributed by atoms with Gasteiger partial charge in [-0.05, 0) is 31.9 Å². The summed E-state index contributed by atoms with van der Waals surface area (Å²) < 4.78 is 0. The average Bonchev–Trinajstić information content (AvgIpc) is 2.55. The minimum atomic E-state index is -0.489. The van der Waals surface area contributed by atoms with E-state index >= 15 is 0 Å². The van der Waals surface area contributed by atoms with Crippen molar-refractivity contribution < 1.29 is 5.11 Å². The van der Waals surface area contributed by atoms with Gasteiger partial charge in [0.15, 0.2) is 0 Å². The molecule has 3 atom stereocenters. The summed E-state index contributed by atoms with van der Waals surface area (Å²) in [6.45, 7) is 6.03. The van der Waals surface area contributed by atoms with Gasteiger partial charge in [-0.1, -0.05) is 60.7 Å². The van der Waals surface area contributed by atoms with Gasteiger partial charge in [0, 0.05) is 12.1 Å². The molecular formula is C19H26N2O. The monoisotopic (exact) mass is 298 g/mol. The Morgan fingerprint density at radius 3 is 1.36 bits per heavy atom. The third kappa shape index (κ3) is 4.67. The first-order valence-corrected chi connectivity index (χ1v) is 7.88. The molecular weight excluding hydrogens is 272 g/mol. The van der Waals surface area contributed by atoms with Crippen LogP contribution in [0, 0.1) is 0 Å². The zero-order chi connectivity index (χ0) is 15.9. The second-order valence-electron chi connectivity index (χ2n) is 5.82. The van der Waals surface area contributed by atoms with E-state index in [2.05, 4.69) is 48.7 Å². The van der Waals surface area contributed by atoms with Crippen LogP contribution in [0.3, 0.4) is 0 Å². The maximum absolute atomic E-state index is 10.1. The van der Waals surface area contributed by atoms with Gasteiger partial charge in [-0.15, -0.1) is 0 Å². The second-order valence-corrected chi connectivity index (χ2v) is 5.82. The van der Waals surface area contributed by atoms with Gasteiger partial charge in [0.05, 0.1) is 12.3 Å². The van der Waals surface area contributed by atoms with Crippen LogP contribution in [0.4, 0.5) is 0 Å². The van der Waals surface area contributed by atoms with E-state index in [0.717, 1.165) is 0 Å². The van der Waals surface area contributed by atoms with Crippen LogP contribution in [0.15, 0.2) is 60.7 Å². The molecule has 2 rings (SSSR count). The molecule has 22 heavy (non-hydrogen) atoms. The van der Waals surface area contributed by atoms with E-state index in [1.165, 1.54) is 11.1 Å². The fourth-order valence-corrected chi connectivity index (χ4v) is 2.54. The Kier molecular flexibility index (Phi) is 6.13. The second kappa shape index (κ2) is 8.08. The Hall–Kier alpha value is -1.68. The Bertz CT molecular complexity index is 494. The highest BCUT2D eigenvalue weighted by molar-refractivity contribution is 5.19. The first kappa shape index (κ1) is 16.7. The summed E-state index contributed by atoms with van der Waals surface area (Å²) >= 11 is 0. The van der Waals surface area contributed by atoms with Crippen molar-refractivity contribution in [3.63, 3.8) is 0 Å². The minimum absolute atomic E-state index is 0.163.